The van der Waals surface area contributed by atoms with Gasteiger partial charge in [-0.25, -0.2) is 37.6 Å². The van der Waals surface area contributed by atoms with E-state index in [0.717, 1.165) is 0 Å². The van der Waals surface area contributed by atoms with Gasteiger partial charge < -0.3 is 8.83 Å². The molecule has 142 valence electrons. The molecule has 2 aromatic carbocycles. The summed E-state index contributed by atoms with van der Waals surface area (Å²) in [6, 6.07) is 1.43. The zero-order valence-corrected chi connectivity index (χ0v) is 14.0. The number of fused-ring (bicyclic) bond motifs is 4. The number of hydrogen-bond acceptors (Lipinski definition) is 5. The highest BCUT2D eigenvalue weighted by atomic mass is 19.2. The van der Waals surface area contributed by atoms with Crippen LogP contribution in [0.15, 0.2) is 8.83 Å². The van der Waals surface area contributed by atoms with E-state index >= 15 is 4.39 Å². The first kappa shape index (κ1) is 18.4. The lowest BCUT2D eigenvalue weighted by Gasteiger charge is -2.05. The first-order valence-electron chi connectivity index (χ1n) is 7.53. The Bertz CT molecular complexity index is 1710. The molecule has 4 aromatic rings. The van der Waals surface area contributed by atoms with Gasteiger partial charge in [0.15, 0.2) is 34.4 Å². The molecule has 2 aromatic heterocycles. The molecule has 0 spiro atoms. The molecule has 0 aliphatic heterocycles. The van der Waals surface area contributed by atoms with Crippen LogP contribution in [0.2, 0.25) is 0 Å². The van der Waals surface area contributed by atoms with E-state index < -0.39 is 78.9 Å². The zero-order chi connectivity index (χ0) is 21.7. The summed E-state index contributed by atoms with van der Waals surface area (Å²) in [7, 11) is 0. The van der Waals surface area contributed by atoms with Crippen molar-refractivity contribution in [3.63, 3.8) is 0 Å². The molecule has 0 bridgehead atoms. The molecule has 8 nitrogen and oxygen atoms in total. The van der Waals surface area contributed by atoms with E-state index in [2.05, 4.69) is 24.5 Å². The first-order valence-corrected chi connectivity index (χ1v) is 7.53. The van der Waals surface area contributed by atoms with Crippen molar-refractivity contribution in [2.45, 2.75) is 0 Å². The lowest BCUT2D eigenvalue weighted by atomic mass is 10.1. The highest BCUT2D eigenvalue weighted by Gasteiger charge is 2.29. The lowest BCUT2D eigenvalue weighted by Crippen LogP contribution is -2.03. The fourth-order valence-corrected chi connectivity index (χ4v) is 2.78. The summed E-state index contributed by atoms with van der Waals surface area (Å²) in [5, 5.41) is 6.81. The Morgan fingerprint density at radius 1 is 0.767 bits per heavy atom. The molecule has 0 aliphatic carbocycles. The summed E-state index contributed by atoms with van der Waals surface area (Å²) >= 11 is 0. The second-order valence-electron chi connectivity index (χ2n) is 5.52. The van der Waals surface area contributed by atoms with Crippen LogP contribution in [-0.4, -0.2) is 9.97 Å². The number of hydrogen-bond donors (Lipinski definition) is 0. The number of aromatic nitrogens is 2. The van der Waals surface area contributed by atoms with Crippen molar-refractivity contribution in [2.24, 2.45) is 0 Å². The van der Waals surface area contributed by atoms with E-state index in [1.54, 1.807) is 0 Å². The van der Waals surface area contributed by atoms with E-state index in [4.69, 9.17) is 33.8 Å². The summed E-state index contributed by atoms with van der Waals surface area (Å²) in [6.07, 6.45) is 0. The maximum atomic E-state index is 15.2. The van der Waals surface area contributed by atoms with Crippen LogP contribution in [0.3, 0.4) is 0 Å². The third kappa shape index (κ3) is 2.22. The largest absolute Gasteiger partial charge is 0.582 e. The van der Waals surface area contributed by atoms with Gasteiger partial charge in [0.25, 0.3) is 0 Å². The second-order valence-corrected chi connectivity index (χ2v) is 5.52. The van der Waals surface area contributed by atoms with Gasteiger partial charge >= 0.3 is 17.1 Å². The molecule has 2 heterocycles. The van der Waals surface area contributed by atoms with Gasteiger partial charge in [0.1, 0.15) is 24.2 Å². The molecule has 30 heavy (non-hydrogen) atoms. The minimum absolute atomic E-state index is 0.716. The Morgan fingerprint density at radius 3 is 1.97 bits per heavy atom. The maximum Gasteiger partial charge on any atom is 0.582 e. The smallest absolute Gasteiger partial charge is 0.445 e. The highest BCUT2D eigenvalue weighted by molar-refractivity contribution is 6.09. The van der Waals surface area contributed by atoms with Crippen molar-refractivity contribution >= 4 is 44.5 Å². The number of oxazole rings is 2. The standard InChI is InChI=1S/C18F4N6O2/c1-24-5(4-23)17-27-13-11(22)8(19)6-7(14(13)29-17)10(21)15-12(9(6)20)28-18(30-15)16(25-2)26-3/b17-5-. The van der Waals surface area contributed by atoms with Gasteiger partial charge in [-0.05, 0) is 0 Å². The minimum Gasteiger partial charge on any atom is -0.445 e. The molecule has 12 heteroatoms. The molecular formula is C18F4N6O2. The quantitative estimate of drug-likeness (QED) is 0.330. The Kier molecular flexibility index (Phi) is 3.87. The van der Waals surface area contributed by atoms with Gasteiger partial charge in [-0.3, -0.25) is 0 Å². The van der Waals surface area contributed by atoms with E-state index in [1.165, 1.54) is 6.07 Å². The summed E-state index contributed by atoms with van der Waals surface area (Å²) in [6.45, 7) is 20.6. The minimum atomic E-state index is -1.82. The molecule has 0 unspecified atom stereocenters. The fourth-order valence-electron chi connectivity index (χ4n) is 2.78. The molecule has 0 saturated carbocycles. The Balaban J connectivity index is 2.37. The monoisotopic (exact) mass is 408 g/mol. The van der Waals surface area contributed by atoms with Crippen LogP contribution in [0.1, 0.15) is 0 Å². The molecular weight excluding hydrogens is 408 g/mol. The van der Waals surface area contributed by atoms with Crippen LogP contribution in [0.25, 0.3) is 59.0 Å². The average molecular weight is 408 g/mol. The van der Waals surface area contributed by atoms with Crippen LogP contribution in [-0.2, 0) is 0 Å². The normalized spacial score (nSPS) is 11.7. The van der Waals surface area contributed by atoms with Crippen molar-refractivity contribution in [3.8, 4) is 6.07 Å². The Morgan fingerprint density at radius 2 is 1.37 bits per heavy atom. The summed E-state index contributed by atoms with van der Waals surface area (Å²) in [4.78, 5) is 15.4. The fraction of sp³-hybridized carbons (Fsp3) is 0. The highest BCUT2D eigenvalue weighted by Crippen LogP contribution is 2.37. The molecule has 0 N–H and O–H groups in total. The molecule has 0 amide bonds. The van der Waals surface area contributed by atoms with Crippen molar-refractivity contribution < 1.29 is 26.4 Å². The van der Waals surface area contributed by atoms with Gasteiger partial charge in [0.05, 0.1) is 23.4 Å². The molecule has 0 aliphatic rings. The van der Waals surface area contributed by atoms with Gasteiger partial charge in [-0.15, -0.1) is 9.69 Å². The number of nitriles is 1. The predicted octanol–water partition coefficient (Wildman–Crippen LogP) is 3.13. The van der Waals surface area contributed by atoms with Gasteiger partial charge in [0.2, 0.25) is 5.55 Å². The Hall–Kier alpha value is -4.94. The third-order valence-corrected chi connectivity index (χ3v) is 4.02. The van der Waals surface area contributed by atoms with Gasteiger partial charge in [-0.2, -0.15) is 0 Å². The molecule has 0 saturated heterocycles. The molecule has 0 atom stereocenters. The molecule has 0 radical (unpaired) electrons. The predicted molar refractivity (Wildman–Crippen MR) is 90.4 cm³/mol. The third-order valence-electron chi connectivity index (χ3n) is 4.02. The van der Waals surface area contributed by atoms with E-state index in [1.807, 2.05) is 0 Å². The summed E-state index contributed by atoms with van der Waals surface area (Å²) in [5.41, 5.74) is -5.56. The van der Waals surface area contributed by atoms with Crippen LogP contribution < -0.4 is 11.1 Å². The number of halogens is 4. The van der Waals surface area contributed by atoms with Crippen LogP contribution in [0.5, 0.6) is 0 Å². The van der Waals surface area contributed by atoms with Crippen molar-refractivity contribution in [3.05, 3.63) is 68.6 Å². The van der Waals surface area contributed by atoms with E-state index in [-0.39, 0.29) is 0 Å². The van der Waals surface area contributed by atoms with Crippen molar-refractivity contribution in [1.29, 1.82) is 5.26 Å². The van der Waals surface area contributed by atoms with Crippen molar-refractivity contribution in [2.75, 3.05) is 0 Å². The molecule has 0 fully saturated rings. The number of benzene rings is 2. The molecule has 4 rings (SSSR count). The number of nitrogens with zero attached hydrogens (tertiary/aromatic N) is 6. The van der Waals surface area contributed by atoms with E-state index in [0.29, 0.717) is 0 Å². The SMILES string of the molecule is [C-]#[N+]C([N+]#[C-])=c1nc2c(F)c3c(F)c(F)c4n/c(=C(\C#N)[N+]#[C-])oc4c3c(F)c2o1. The van der Waals surface area contributed by atoms with Gasteiger partial charge in [0, 0.05) is 0 Å². The summed E-state index contributed by atoms with van der Waals surface area (Å²) < 4.78 is 69.3. The Labute approximate surface area is 161 Å². The first-order chi connectivity index (χ1) is 14.4. The number of rotatable bonds is 0. The van der Waals surface area contributed by atoms with Crippen LogP contribution in [0, 0.1) is 54.3 Å². The van der Waals surface area contributed by atoms with Gasteiger partial charge in [-0.1, -0.05) is 0 Å². The maximum absolute atomic E-state index is 15.2. The second kappa shape index (κ2) is 6.30. The van der Waals surface area contributed by atoms with Crippen LogP contribution >= 0.6 is 0 Å². The average Bonchev–Trinajstić information content (AvgIpc) is 3.37. The lowest BCUT2D eigenvalue weighted by molar-refractivity contribution is 0.513. The van der Waals surface area contributed by atoms with Crippen molar-refractivity contribution in [1.82, 2.24) is 9.97 Å². The summed E-state index contributed by atoms with van der Waals surface area (Å²) in [5.74, 6) is -7.22. The van der Waals surface area contributed by atoms with E-state index in [9.17, 15) is 13.2 Å². The topological polar surface area (TPSA) is 88.9 Å². The van der Waals surface area contributed by atoms with Crippen LogP contribution in [0.4, 0.5) is 17.6 Å². The zero-order valence-electron chi connectivity index (χ0n) is 14.0.